The van der Waals surface area contributed by atoms with Gasteiger partial charge >= 0.3 is 0 Å². The maximum atomic E-state index is 11.7. The van der Waals surface area contributed by atoms with Crippen LogP contribution in [-0.4, -0.2) is 46.5 Å². The van der Waals surface area contributed by atoms with Crippen LogP contribution >= 0.6 is 0 Å². The highest BCUT2D eigenvalue weighted by Crippen LogP contribution is 2.02. The third-order valence-electron chi connectivity index (χ3n) is 2.17. The van der Waals surface area contributed by atoms with Crippen LogP contribution in [0.5, 0.6) is 0 Å². The van der Waals surface area contributed by atoms with Crippen molar-refractivity contribution in [3.8, 4) is 0 Å². The molecule has 2 rings (SSSR count). The Hall–Kier alpha value is -1.47. The fourth-order valence-electron chi connectivity index (χ4n) is 1.33. The summed E-state index contributed by atoms with van der Waals surface area (Å²) >= 11 is 0. The molecule has 1 aliphatic heterocycles. The van der Waals surface area contributed by atoms with Crippen LogP contribution in [0, 0.1) is 0 Å². The molecule has 0 saturated carbocycles. The lowest BCUT2D eigenvalue weighted by atomic mass is 10.3. The molecule has 1 aromatic heterocycles. The van der Waals surface area contributed by atoms with Gasteiger partial charge in [0.2, 0.25) is 5.95 Å². The van der Waals surface area contributed by atoms with Crippen LogP contribution in [0.1, 0.15) is 0 Å². The summed E-state index contributed by atoms with van der Waals surface area (Å²) in [7, 11) is 1.71. The minimum atomic E-state index is -0.449. The van der Waals surface area contributed by atoms with Gasteiger partial charge in [0.1, 0.15) is 12.4 Å². The Bertz CT molecular complexity index is 345. The molecule has 0 aromatic carbocycles. The predicted octanol–water partition coefficient (Wildman–Crippen LogP) is -1.26. The van der Waals surface area contributed by atoms with Crippen LogP contribution < -0.4 is 10.6 Å². The lowest BCUT2D eigenvalue weighted by Gasteiger charge is -2.22. The zero-order valence-electron chi connectivity index (χ0n) is 8.43. The first-order valence-electron chi connectivity index (χ1n) is 4.74. The number of ether oxygens (including phenoxy) is 1. The zero-order valence-corrected chi connectivity index (χ0v) is 8.43. The maximum absolute atomic E-state index is 11.7. The number of rotatable bonds is 2. The summed E-state index contributed by atoms with van der Waals surface area (Å²) in [4.78, 5) is 15.6. The first-order valence-corrected chi connectivity index (χ1v) is 4.74. The van der Waals surface area contributed by atoms with Crippen LogP contribution in [0.4, 0.5) is 5.95 Å². The molecule has 2 N–H and O–H groups in total. The van der Waals surface area contributed by atoms with Gasteiger partial charge in [0.05, 0.1) is 6.61 Å². The van der Waals surface area contributed by atoms with E-state index in [4.69, 9.17) is 4.74 Å². The summed E-state index contributed by atoms with van der Waals surface area (Å²) in [6, 6.07) is 0. The summed E-state index contributed by atoms with van der Waals surface area (Å²) in [5, 5.41) is 9.58. The van der Waals surface area contributed by atoms with E-state index in [1.807, 2.05) is 0 Å². The molecule has 1 aromatic rings. The van der Waals surface area contributed by atoms with Crippen molar-refractivity contribution in [2.24, 2.45) is 7.05 Å². The highest BCUT2D eigenvalue weighted by molar-refractivity contribution is 5.92. The summed E-state index contributed by atoms with van der Waals surface area (Å²) in [5.74, 6) is 0.229. The third-order valence-corrected chi connectivity index (χ3v) is 2.17. The standard InChI is InChI=1S/C8H13N5O2/c1-13-8(10-5-11-13)12-7(14)6-4-9-2-3-15-6/h5-6,9H,2-4H2,1H3,(H,10,11,12,14). The molecule has 0 aliphatic carbocycles. The van der Waals surface area contributed by atoms with Gasteiger partial charge < -0.3 is 10.1 Å². The molecule has 1 saturated heterocycles. The number of nitrogens with one attached hydrogen (secondary N) is 2. The smallest absolute Gasteiger partial charge is 0.257 e. The number of aryl methyl sites for hydroxylation is 1. The average molecular weight is 211 g/mol. The molecule has 7 heteroatoms. The highest BCUT2D eigenvalue weighted by Gasteiger charge is 2.22. The highest BCUT2D eigenvalue weighted by atomic mass is 16.5. The van der Waals surface area contributed by atoms with Gasteiger partial charge in [-0.05, 0) is 0 Å². The van der Waals surface area contributed by atoms with Crippen molar-refractivity contribution in [2.45, 2.75) is 6.10 Å². The quantitative estimate of drug-likeness (QED) is 0.638. The van der Waals surface area contributed by atoms with E-state index in [0.29, 0.717) is 19.1 Å². The van der Waals surface area contributed by atoms with Crippen LogP contribution in [0.2, 0.25) is 0 Å². The SMILES string of the molecule is Cn1ncnc1NC(=O)C1CNCCO1. The predicted molar refractivity (Wildman–Crippen MR) is 52.2 cm³/mol. The van der Waals surface area contributed by atoms with Crippen LogP contribution in [0.25, 0.3) is 0 Å². The van der Waals surface area contributed by atoms with Crippen molar-refractivity contribution >= 4 is 11.9 Å². The molecular formula is C8H13N5O2. The Morgan fingerprint density at radius 1 is 1.80 bits per heavy atom. The van der Waals surface area contributed by atoms with E-state index in [1.165, 1.54) is 11.0 Å². The monoisotopic (exact) mass is 211 g/mol. The molecular weight excluding hydrogens is 198 g/mol. The molecule has 7 nitrogen and oxygen atoms in total. The van der Waals surface area contributed by atoms with Gasteiger partial charge in [0, 0.05) is 20.1 Å². The van der Waals surface area contributed by atoms with E-state index < -0.39 is 6.10 Å². The van der Waals surface area contributed by atoms with E-state index >= 15 is 0 Å². The van der Waals surface area contributed by atoms with Gasteiger partial charge in [0.15, 0.2) is 0 Å². The summed E-state index contributed by atoms with van der Waals surface area (Å²) in [5.41, 5.74) is 0. The Morgan fingerprint density at radius 3 is 3.27 bits per heavy atom. The van der Waals surface area contributed by atoms with E-state index in [1.54, 1.807) is 7.05 Å². The molecule has 82 valence electrons. The van der Waals surface area contributed by atoms with Gasteiger partial charge in [-0.2, -0.15) is 10.1 Å². The normalized spacial score (nSPS) is 21.3. The second kappa shape index (κ2) is 4.37. The van der Waals surface area contributed by atoms with Crippen molar-refractivity contribution in [1.82, 2.24) is 20.1 Å². The Morgan fingerprint density at radius 2 is 2.67 bits per heavy atom. The molecule has 2 heterocycles. The number of carbonyl (C=O) groups excluding carboxylic acids is 1. The topological polar surface area (TPSA) is 81.1 Å². The first-order chi connectivity index (χ1) is 7.27. The summed E-state index contributed by atoms with van der Waals surface area (Å²) in [6.07, 6.45) is 0.936. The second-order valence-electron chi connectivity index (χ2n) is 3.26. The lowest BCUT2D eigenvalue weighted by Crippen LogP contribution is -2.45. The van der Waals surface area contributed by atoms with Crippen LogP contribution in [0.3, 0.4) is 0 Å². The first kappa shape index (κ1) is 10.1. The van der Waals surface area contributed by atoms with Crippen molar-refractivity contribution in [3.05, 3.63) is 6.33 Å². The number of aromatic nitrogens is 3. The van der Waals surface area contributed by atoms with Gasteiger partial charge in [-0.15, -0.1) is 0 Å². The molecule has 0 radical (unpaired) electrons. The van der Waals surface area contributed by atoms with Crippen molar-refractivity contribution in [1.29, 1.82) is 0 Å². The van der Waals surface area contributed by atoms with E-state index in [-0.39, 0.29) is 5.91 Å². The van der Waals surface area contributed by atoms with Crippen LogP contribution in [-0.2, 0) is 16.6 Å². The van der Waals surface area contributed by atoms with Gasteiger partial charge in [-0.3, -0.25) is 10.1 Å². The van der Waals surface area contributed by atoms with E-state index in [0.717, 1.165) is 6.54 Å². The largest absolute Gasteiger partial charge is 0.366 e. The maximum Gasteiger partial charge on any atom is 0.257 e. The molecule has 0 spiro atoms. The van der Waals surface area contributed by atoms with E-state index in [2.05, 4.69) is 20.7 Å². The minimum absolute atomic E-state index is 0.196. The minimum Gasteiger partial charge on any atom is -0.366 e. The molecule has 1 unspecified atom stereocenters. The number of amides is 1. The molecule has 1 aliphatic rings. The third kappa shape index (κ3) is 2.31. The number of nitrogens with zero attached hydrogens (tertiary/aromatic N) is 3. The number of hydrogen-bond acceptors (Lipinski definition) is 5. The molecule has 15 heavy (non-hydrogen) atoms. The summed E-state index contributed by atoms with van der Waals surface area (Å²) < 4.78 is 6.79. The average Bonchev–Trinajstić information content (AvgIpc) is 2.66. The van der Waals surface area contributed by atoms with Crippen molar-refractivity contribution < 1.29 is 9.53 Å². The lowest BCUT2D eigenvalue weighted by molar-refractivity contribution is -0.128. The van der Waals surface area contributed by atoms with Crippen LogP contribution in [0.15, 0.2) is 6.33 Å². The number of anilines is 1. The fraction of sp³-hybridized carbons (Fsp3) is 0.625. The zero-order chi connectivity index (χ0) is 10.7. The summed E-state index contributed by atoms with van der Waals surface area (Å²) in [6.45, 7) is 1.87. The number of morpholine rings is 1. The number of hydrogen-bond donors (Lipinski definition) is 2. The Labute approximate surface area is 86.8 Å². The van der Waals surface area contributed by atoms with E-state index in [9.17, 15) is 4.79 Å². The van der Waals surface area contributed by atoms with Crippen molar-refractivity contribution in [3.63, 3.8) is 0 Å². The molecule has 1 fully saturated rings. The fourth-order valence-corrected chi connectivity index (χ4v) is 1.33. The van der Waals surface area contributed by atoms with Crippen molar-refractivity contribution in [2.75, 3.05) is 25.0 Å². The molecule has 1 atom stereocenters. The molecule has 1 amide bonds. The number of carbonyl (C=O) groups is 1. The Kier molecular flexibility index (Phi) is 2.93. The van der Waals surface area contributed by atoms with Gasteiger partial charge in [-0.25, -0.2) is 4.68 Å². The Balaban J connectivity index is 1.94. The second-order valence-corrected chi connectivity index (χ2v) is 3.26. The molecule has 0 bridgehead atoms. The van der Waals surface area contributed by atoms with Gasteiger partial charge in [-0.1, -0.05) is 0 Å². The van der Waals surface area contributed by atoms with Gasteiger partial charge in [0.25, 0.3) is 5.91 Å².